The Morgan fingerprint density at radius 1 is 1.30 bits per heavy atom. The molecule has 2 aromatic carbocycles. The van der Waals surface area contributed by atoms with Crippen molar-refractivity contribution in [2.24, 2.45) is 5.10 Å². The molecule has 118 valence electrons. The fourth-order valence-electron chi connectivity index (χ4n) is 2.02. The summed E-state index contributed by atoms with van der Waals surface area (Å²) in [5, 5.41) is 25.8. The van der Waals surface area contributed by atoms with Gasteiger partial charge in [-0.2, -0.15) is 5.10 Å². The summed E-state index contributed by atoms with van der Waals surface area (Å²) in [6.07, 6.45) is 1.64. The Labute approximate surface area is 132 Å². The van der Waals surface area contributed by atoms with Gasteiger partial charge in [-0.05, 0) is 17.2 Å². The molecule has 0 fully saturated rings. The minimum Gasteiger partial charge on any atom is -0.478 e. The fourth-order valence-corrected chi connectivity index (χ4v) is 2.02. The summed E-state index contributed by atoms with van der Waals surface area (Å²) >= 11 is 0. The van der Waals surface area contributed by atoms with Crippen LogP contribution in [0.1, 0.15) is 21.5 Å². The number of carbonyl (C=O) groups is 1. The second-order valence-corrected chi connectivity index (χ2v) is 4.87. The predicted octanol–water partition coefficient (Wildman–Crippen LogP) is 2.76. The molecule has 7 heteroatoms. The normalized spacial score (nSPS) is 10.7. The molecule has 1 N–H and O–H groups in total. The molecule has 0 heterocycles. The summed E-state index contributed by atoms with van der Waals surface area (Å²) in [4.78, 5) is 21.5. The van der Waals surface area contributed by atoms with Crippen molar-refractivity contribution in [1.29, 1.82) is 0 Å². The number of carboxylic acid groups (broad SMARTS) is 1. The van der Waals surface area contributed by atoms with Crippen LogP contribution in [-0.2, 0) is 6.54 Å². The number of nitro groups is 1. The van der Waals surface area contributed by atoms with E-state index in [-0.39, 0.29) is 17.8 Å². The van der Waals surface area contributed by atoms with E-state index in [4.69, 9.17) is 0 Å². The van der Waals surface area contributed by atoms with Gasteiger partial charge >= 0.3 is 5.97 Å². The molecule has 0 unspecified atom stereocenters. The van der Waals surface area contributed by atoms with E-state index >= 15 is 0 Å². The number of carboxylic acids is 1. The van der Waals surface area contributed by atoms with Crippen LogP contribution in [0.5, 0.6) is 0 Å². The molecule has 0 amide bonds. The number of hydrazone groups is 1. The van der Waals surface area contributed by atoms with Gasteiger partial charge in [-0.3, -0.25) is 15.1 Å². The van der Waals surface area contributed by atoms with Crippen molar-refractivity contribution in [3.63, 3.8) is 0 Å². The zero-order valence-electron chi connectivity index (χ0n) is 12.4. The van der Waals surface area contributed by atoms with Crippen LogP contribution in [0.15, 0.2) is 53.6 Å². The first-order chi connectivity index (χ1) is 11.0. The maximum Gasteiger partial charge on any atom is 0.336 e. The molecule has 0 aliphatic heterocycles. The van der Waals surface area contributed by atoms with Crippen molar-refractivity contribution in [2.75, 3.05) is 7.05 Å². The van der Waals surface area contributed by atoms with Crippen molar-refractivity contribution in [3.8, 4) is 0 Å². The molecule has 0 aromatic heterocycles. The molecule has 0 aliphatic carbocycles. The summed E-state index contributed by atoms with van der Waals surface area (Å²) in [6.45, 7) is 0.145. The smallest absolute Gasteiger partial charge is 0.336 e. The Hall–Kier alpha value is -3.22. The third-order valence-corrected chi connectivity index (χ3v) is 3.13. The second kappa shape index (κ2) is 7.17. The third-order valence-electron chi connectivity index (χ3n) is 3.13. The highest BCUT2D eigenvalue weighted by molar-refractivity contribution is 5.89. The first-order valence-corrected chi connectivity index (χ1v) is 6.78. The average Bonchev–Trinajstić information content (AvgIpc) is 2.53. The number of rotatable bonds is 6. The van der Waals surface area contributed by atoms with Crippen LogP contribution in [0.4, 0.5) is 5.69 Å². The molecular weight excluding hydrogens is 298 g/mol. The SMILES string of the molecule is CN(Cc1cc([N+](=O)[O-])ccc1C(=O)O)/N=C/c1ccccc1. The number of nitrogens with zero attached hydrogens (tertiary/aromatic N) is 3. The minimum absolute atomic E-state index is 0.0253. The maximum atomic E-state index is 11.2. The Morgan fingerprint density at radius 3 is 2.61 bits per heavy atom. The van der Waals surface area contributed by atoms with Crippen LogP contribution in [0.25, 0.3) is 0 Å². The minimum atomic E-state index is -1.13. The zero-order chi connectivity index (χ0) is 16.8. The van der Waals surface area contributed by atoms with E-state index in [9.17, 15) is 20.0 Å². The molecule has 2 rings (SSSR count). The first kappa shape index (κ1) is 16.2. The summed E-state index contributed by atoms with van der Waals surface area (Å²) in [5.41, 5.74) is 1.11. The van der Waals surface area contributed by atoms with Gasteiger partial charge in [0.15, 0.2) is 0 Å². The maximum absolute atomic E-state index is 11.2. The van der Waals surface area contributed by atoms with Gasteiger partial charge in [0.2, 0.25) is 0 Å². The van der Waals surface area contributed by atoms with Gasteiger partial charge in [0.1, 0.15) is 0 Å². The monoisotopic (exact) mass is 313 g/mol. The summed E-state index contributed by atoms with van der Waals surface area (Å²) in [5.74, 6) is -1.13. The van der Waals surface area contributed by atoms with Crippen LogP contribution < -0.4 is 0 Å². The molecule has 0 atom stereocenters. The van der Waals surface area contributed by atoms with E-state index in [0.29, 0.717) is 5.56 Å². The van der Waals surface area contributed by atoms with Gasteiger partial charge in [-0.25, -0.2) is 4.79 Å². The topological polar surface area (TPSA) is 96.0 Å². The molecule has 0 aliphatic rings. The van der Waals surface area contributed by atoms with Crippen LogP contribution in [0.2, 0.25) is 0 Å². The molecule has 23 heavy (non-hydrogen) atoms. The molecular formula is C16H15N3O4. The van der Waals surface area contributed by atoms with Crippen molar-refractivity contribution in [2.45, 2.75) is 6.54 Å². The van der Waals surface area contributed by atoms with Crippen LogP contribution in [-0.4, -0.2) is 34.3 Å². The van der Waals surface area contributed by atoms with Gasteiger partial charge in [0, 0.05) is 19.2 Å². The van der Waals surface area contributed by atoms with E-state index in [1.165, 1.54) is 23.2 Å². The van der Waals surface area contributed by atoms with Gasteiger partial charge in [0.05, 0.1) is 23.2 Å². The lowest BCUT2D eigenvalue weighted by Crippen LogP contribution is -2.14. The number of aromatic carboxylic acids is 1. The summed E-state index contributed by atoms with van der Waals surface area (Å²) < 4.78 is 0. The molecule has 0 spiro atoms. The quantitative estimate of drug-likeness (QED) is 0.502. The van der Waals surface area contributed by atoms with Crippen molar-refractivity contribution in [1.82, 2.24) is 5.01 Å². The average molecular weight is 313 g/mol. The van der Waals surface area contributed by atoms with Crippen molar-refractivity contribution in [3.05, 3.63) is 75.3 Å². The Balaban J connectivity index is 2.20. The Morgan fingerprint density at radius 2 is 2.00 bits per heavy atom. The van der Waals surface area contributed by atoms with Gasteiger partial charge in [-0.15, -0.1) is 0 Å². The largest absolute Gasteiger partial charge is 0.478 e. The number of hydrogen-bond donors (Lipinski definition) is 1. The van der Waals surface area contributed by atoms with Crippen LogP contribution in [0, 0.1) is 10.1 Å². The summed E-state index contributed by atoms with van der Waals surface area (Å²) in [6, 6.07) is 13.1. The van der Waals surface area contributed by atoms with E-state index in [0.717, 1.165) is 5.56 Å². The lowest BCUT2D eigenvalue weighted by Gasteiger charge is -2.14. The number of nitro benzene ring substituents is 1. The van der Waals surface area contributed by atoms with E-state index < -0.39 is 10.9 Å². The molecule has 0 radical (unpaired) electrons. The highest BCUT2D eigenvalue weighted by Gasteiger charge is 2.16. The lowest BCUT2D eigenvalue weighted by molar-refractivity contribution is -0.384. The Bertz CT molecular complexity index is 744. The lowest BCUT2D eigenvalue weighted by atomic mass is 10.1. The van der Waals surface area contributed by atoms with E-state index in [2.05, 4.69) is 5.10 Å². The molecule has 0 saturated carbocycles. The second-order valence-electron chi connectivity index (χ2n) is 4.87. The number of non-ortho nitro benzene ring substituents is 1. The summed E-state index contributed by atoms with van der Waals surface area (Å²) in [7, 11) is 1.67. The Kier molecular flexibility index (Phi) is 5.03. The highest BCUT2D eigenvalue weighted by atomic mass is 16.6. The first-order valence-electron chi connectivity index (χ1n) is 6.78. The molecule has 0 bridgehead atoms. The van der Waals surface area contributed by atoms with Gasteiger partial charge in [-0.1, -0.05) is 30.3 Å². The van der Waals surface area contributed by atoms with Gasteiger partial charge in [0.25, 0.3) is 5.69 Å². The van der Waals surface area contributed by atoms with E-state index in [1.54, 1.807) is 13.3 Å². The molecule has 7 nitrogen and oxygen atoms in total. The van der Waals surface area contributed by atoms with Gasteiger partial charge < -0.3 is 5.11 Å². The highest BCUT2D eigenvalue weighted by Crippen LogP contribution is 2.19. The predicted molar refractivity (Wildman–Crippen MR) is 85.6 cm³/mol. The fraction of sp³-hybridized carbons (Fsp3) is 0.125. The molecule has 2 aromatic rings. The van der Waals surface area contributed by atoms with Crippen molar-refractivity contribution < 1.29 is 14.8 Å². The van der Waals surface area contributed by atoms with E-state index in [1.807, 2.05) is 30.3 Å². The van der Waals surface area contributed by atoms with Crippen LogP contribution >= 0.6 is 0 Å². The zero-order valence-corrected chi connectivity index (χ0v) is 12.4. The third kappa shape index (κ3) is 4.37. The van der Waals surface area contributed by atoms with Crippen LogP contribution in [0.3, 0.4) is 0 Å². The standard InChI is InChI=1S/C16H15N3O4/c1-18(17-10-12-5-3-2-4-6-12)11-13-9-14(19(22)23)7-8-15(13)16(20)21/h2-10H,11H2,1H3,(H,20,21)/b17-10+. The number of hydrogen-bond acceptors (Lipinski definition) is 5. The molecule has 0 saturated heterocycles. The number of benzene rings is 2. The van der Waals surface area contributed by atoms with Crippen molar-refractivity contribution >= 4 is 17.9 Å².